The van der Waals surface area contributed by atoms with Crippen molar-refractivity contribution in [1.82, 2.24) is 4.90 Å². The highest BCUT2D eigenvalue weighted by atomic mass is 19.4. The maximum atomic E-state index is 12.8. The van der Waals surface area contributed by atoms with Crippen molar-refractivity contribution in [3.8, 4) is 0 Å². The summed E-state index contributed by atoms with van der Waals surface area (Å²) in [7, 11) is 0. The zero-order chi connectivity index (χ0) is 19.0. The third-order valence-corrected chi connectivity index (χ3v) is 3.89. The second-order valence-corrected chi connectivity index (χ2v) is 5.72. The van der Waals surface area contributed by atoms with Crippen LogP contribution in [0.2, 0.25) is 0 Å². The molecule has 2 rings (SSSR count). The highest BCUT2D eigenvalue weighted by Crippen LogP contribution is 2.36. The van der Waals surface area contributed by atoms with E-state index in [0.29, 0.717) is 18.6 Å². The monoisotopic (exact) mass is 369 g/mol. The van der Waals surface area contributed by atoms with Gasteiger partial charge in [-0.3, -0.25) is 9.59 Å². The Morgan fingerprint density at radius 1 is 1.00 bits per heavy atom. The predicted molar refractivity (Wildman–Crippen MR) is 72.7 cm³/mol. The zero-order valence-electron chi connectivity index (χ0n) is 12.6. The minimum Gasteiger partial charge on any atom is -0.481 e. The van der Waals surface area contributed by atoms with Gasteiger partial charge in [0, 0.05) is 18.7 Å². The lowest BCUT2D eigenvalue weighted by molar-refractivity contribution is -0.144. The van der Waals surface area contributed by atoms with Crippen LogP contribution in [0.25, 0.3) is 0 Å². The van der Waals surface area contributed by atoms with Gasteiger partial charge >= 0.3 is 18.3 Å². The standard InChI is InChI=1S/C15H13F6NO3/c16-14(17,18)10-4-9(5-11(6-10)15(19,20)21)12(23)22-3-1-2-8(7-22)13(24)25/h4-6,8H,1-3,7H2,(H,24,25)/t8-/m0/s1. The van der Waals surface area contributed by atoms with Crippen LogP contribution in [-0.4, -0.2) is 35.0 Å². The second-order valence-electron chi connectivity index (χ2n) is 5.72. The number of carboxylic acids is 1. The van der Waals surface area contributed by atoms with Crippen LogP contribution >= 0.6 is 0 Å². The van der Waals surface area contributed by atoms with Crippen LogP contribution in [0.3, 0.4) is 0 Å². The van der Waals surface area contributed by atoms with Crippen LogP contribution < -0.4 is 0 Å². The van der Waals surface area contributed by atoms with Crippen LogP contribution in [0, 0.1) is 5.92 Å². The van der Waals surface area contributed by atoms with Crippen LogP contribution in [-0.2, 0) is 17.1 Å². The first-order valence-corrected chi connectivity index (χ1v) is 7.21. The molecule has 0 unspecified atom stereocenters. The second kappa shape index (κ2) is 6.57. The summed E-state index contributed by atoms with van der Waals surface area (Å²) in [5.74, 6) is -3.12. The van der Waals surface area contributed by atoms with Gasteiger partial charge in [-0.1, -0.05) is 0 Å². The van der Waals surface area contributed by atoms with E-state index < -0.39 is 46.8 Å². The molecule has 0 radical (unpaired) electrons. The van der Waals surface area contributed by atoms with Gasteiger partial charge in [0.2, 0.25) is 0 Å². The fraction of sp³-hybridized carbons (Fsp3) is 0.467. The van der Waals surface area contributed by atoms with Crippen LogP contribution in [0.5, 0.6) is 0 Å². The SMILES string of the molecule is O=C(O)[C@H]1CCCN(C(=O)c2cc(C(F)(F)F)cc(C(F)(F)F)c2)C1. The summed E-state index contributed by atoms with van der Waals surface area (Å²) in [6.45, 7) is -0.189. The van der Waals surface area contributed by atoms with Crippen molar-refractivity contribution in [3.63, 3.8) is 0 Å². The number of benzene rings is 1. The van der Waals surface area contributed by atoms with Gasteiger partial charge in [-0.05, 0) is 31.0 Å². The highest BCUT2D eigenvalue weighted by molar-refractivity contribution is 5.95. The number of carbonyl (C=O) groups excluding carboxylic acids is 1. The molecule has 1 amide bonds. The van der Waals surface area contributed by atoms with E-state index in [1.165, 1.54) is 0 Å². The van der Waals surface area contributed by atoms with E-state index >= 15 is 0 Å². The number of hydrogen-bond donors (Lipinski definition) is 1. The number of alkyl halides is 6. The van der Waals surface area contributed by atoms with Gasteiger partial charge < -0.3 is 10.0 Å². The van der Waals surface area contributed by atoms with E-state index in [1.807, 2.05) is 0 Å². The molecule has 25 heavy (non-hydrogen) atoms. The molecule has 1 saturated heterocycles. The number of halogens is 6. The molecule has 0 bridgehead atoms. The molecular formula is C15H13F6NO3. The lowest BCUT2D eigenvalue weighted by atomic mass is 9.97. The molecule has 1 N–H and O–H groups in total. The molecule has 4 nitrogen and oxygen atoms in total. The molecule has 138 valence electrons. The fourth-order valence-electron chi connectivity index (χ4n) is 2.62. The van der Waals surface area contributed by atoms with Crippen molar-refractivity contribution in [3.05, 3.63) is 34.9 Å². The first-order valence-electron chi connectivity index (χ1n) is 7.21. The van der Waals surface area contributed by atoms with Gasteiger partial charge in [0.25, 0.3) is 5.91 Å². The lowest BCUT2D eigenvalue weighted by Gasteiger charge is -2.31. The molecule has 1 heterocycles. The number of hydrogen-bond acceptors (Lipinski definition) is 2. The van der Waals surface area contributed by atoms with E-state index in [4.69, 9.17) is 5.11 Å². The Hall–Kier alpha value is -2.26. The fourth-order valence-corrected chi connectivity index (χ4v) is 2.62. The van der Waals surface area contributed by atoms with E-state index in [1.54, 1.807) is 0 Å². The van der Waals surface area contributed by atoms with Crippen LogP contribution in [0.1, 0.15) is 34.3 Å². The van der Waals surface area contributed by atoms with Gasteiger partial charge in [0.15, 0.2) is 0 Å². The Morgan fingerprint density at radius 3 is 1.96 bits per heavy atom. The maximum absolute atomic E-state index is 12.8. The van der Waals surface area contributed by atoms with E-state index in [-0.39, 0.29) is 25.6 Å². The summed E-state index contributed by atoms with van der Waals surface area (Å²) in [4.78, 5) is 24.3. The molecule has 0 aliphatic carbocycles. The van der Waals surface area contributed by atoms with Gasteiger partial charge in [-0.15, -0.1) is 0 Å². The summed E-state index contributed by atoms with van der Waals surface area (Å²) >= 11 is 0. The number of piperidine rings is 1. The van der Waals surface area contributed by atoms with Crippen molar-refractivity contribution in [1.29, 1.82) is 0 Å². The summed E-state index contributed by atoms with van der Waals surface area (Å²) < 4.78 is 77.0. The van der Waals surface area contributed by atoms with E-state index in [2.05, 4.69) is 0 Å². The molecule has 1 aromatic carbocycles. The molecule has 1 fully saturated rings. The molecule has 1 aliphatic heterocycles. The average Bonchev–Trinajstić information content (AvgIpc) is 2.52. The van der Waals surface area contributed by atoms with Crippen LogP contribution in [0.15, 0.2) is 18.2 Å². The first kappa shape index (κ1) is 19.1. The summed E-state index contributed by atoms with van der Waals surface area (Å²) in [6.07, 6.45) is -9.52. The Balaban J connectivity index is 2.40. The van der Waals surface area contributed by atoms with Crippen molar-refractivity contribution in [2.75, 3.05) is 13.1 Å². The topological polar surface area (TPSA) is 57.6 Å². The molecule has 1 aliphatic rings. The number of amides is 1. The Morgan fingerprint density at radius 2 is 1.52 bits per heavy atom. The van der Waals surface area contributed by atoms with Gasteiger partial charge in [-0.2, -0.15) is 26.3 Å². The number of nitrogens with zero attached hydrogens (tertiary/aromatic N) is 1. The summed E-state index contributed by atoms with van der Waals surface area (Å²) in [5, 5.41) is 8.97. The van der Waals surface area contributed by atoms with Gasteiger partial charge in [-0.25, -0.2) is 0 Å². The molecule has 1 aromatic rings. The number of carbonyl (C=O) groups is 2. The summed E-state index contributed by atoms with van der Waals surface area (Å²) in [5.41, 5.74) is -3.94. The normalized spacial score (nSPS) is 19.0. The van der Waals surface area contributed by atoms with Crippen molar-refractivity contribution in [2.45, 2.75) is 25.2 Å². The minimum absolute atomic E-state index is 0.0625. The molecule has 1 atom stereocenters. The largest absolute Gasteiger partial charge is 0.481 e. The molecular weight excluding hydrogens is 356 g/mol. The van der Waals surface area contributed by atoms with Crippen molar-refractivity contribution < 1.29 is 41.0 Å². The molecule has 0 spiro atoms. The third-order valence-electron chi connectivity index (χ3n) is 3.89. The average molecular weight is 369 g/mol. The number of rotatable bonds is 2. The maximum Gasteiger partial charge on any atom is 0.416 e. The molecule has 10 heteroatoms. The predicted octanol–water partition coefficient (Wildman–Crippen LogP) is 3.66. The number of carboxylic acid groups (broad SMARTS) is 1. The molecule has 0 saturated carbocycles. The van der Waals surface area contributed by atoms with Crippen LogP contribution in [0.4, 0.5) is 26.3 Å². The van der Waals surface area contributed by atoms with E-state index in [0.717, 1.165) is 4.90 Å². The minimum atomic E-state index is -5.05. The number of aliphatic carboxylic acids is 1. The smallest absolute Gasteiger partial charge is 0.416 e. The first-order chi connectivity index (χ1) is 11.4. The Labute approximate surface area is 138 Å². The van der Waals surface area contributed by atoms with Crippen molar-refractivity contribution >= 4 is 11.9 Å². The lowest BCUT2D eigenvalue weighted by Crippen LogP contribution is -2.42. The zero-order valence-corrected chi connectivity index (χ0v) is 12.6. The highest BCUT2D eigenvalue weighted by Gasteiger charge is 2.38. The van der Waals surface area contributed by atoms with E-state index in [9.17, 15) is 35.9 Å². The Bertz CT molecular complexity index is 651. The third kappa shape index (κ3) is 4.43. The number of likely N-dealkylation sites (tertiary alicyclic amines) is 1. The quantitative estimate of drug-likeness (QED) is 0.810. The van der Waals surface area contributed by atoms with Gasteiger partial charge in [0.05, 0.1) is 17.0 Å². The Kier molecular flexibility index (Phi) is 5.01. The van der Waals surface area contributed by atoms with Gasteiger partial charge in [0.1, 0.15) is 0 Å². The summed E-state index contributed by atoms with van der Waals surface area (Å²) in [6, 6.07) is 0.636. The molecule has 0 aromatic heterocycles. The van der Waals surface area contributed by atoms with Crippen molar-refractivity contribution in [2.24, 2.45) is 5.92 Å².